The molecule has 0 saturated carbocycles. The van der Waals surface area contributed by atoms with Gasteiger partial charge in [0.2, 0.25) is 15.7 Å². The van der Waals surface area contributed by atoms with Gasteiger partial charge in [0.25, 0.3) is 5.91 Å². The molecule has 154 valence electrons. The summed E-state index contributed by atoms with van der Waals surface area (Å²) in [5, 5.41) is 2.63. The molecule has 0 fully saturated rings. The van der Waals surface area contributed by atoms with Crippen molar-refractivity contribution >= 4 is 33.0 Å². The van der Waals surface area contributed by atoms with Crippen LogP contribution in [-0.2, 0) is 14.6 Å². The molecule has 2 amide bonds. The van der Waals surface area contributed by atoms with Crippen molar-refractivity contribution in [3.63, 3.8) is 0 Å². The monoisotopic (exact) mass is 423 g/mol. The Morgan fingerprint density at radius 1 is 0.733 bits per heavy atom. The van der Waals surface area contributed by atoms with Gasteiger partial charge in [-0.3, -0.25) is 20.4 Å². The number of benzene rings is 3. The van der Waals surface area contributed by atoms with Crippen LogP contribution in [0.3, 0.4) is 0 Å². The van der Waals surface area contributed by atoms with E-state index in [4.69, 9.17) is 0 Å². The molecular weight excluding hydrogens is 402 g/mol. The predicted octanol–water partition coefficient (Wildman–Crippen LogP) is 3.54. The van der Waals surface area contributed by atoms with E-state index in [1.165, 1.54) is 19.1 Å². The average molecular weight is 423 g/mol. The molecule has 30 heavy (non-hydrogen) atoms. The number of sulfone groups is 1. The van der Waals surface area contributed by atoms with Crippen LogP contribution in [0.4, 0.5) is 11.4 Å². The number of carbonyl (C=O) groups is 2. The molecule has 0 unspecified atom stereocenters. The molecule has 0 aromatic heterocycles. The van der Waals surface area contributed by atoms with Gasteiger partial charge in [-0.25, -0.2) is 8.42 Å². The van der Waals surface area contributed by atoms with Gasteiger partial charge >= 0.3 is 0 Å². The van der Waals surface area contributed by atoms with Crippen molar-refractivity contribution in [2.24, 2.45) is 0 Å². The second-order valence-corrected chi connectivity index (χ2v) is 8.63. The molecule has 0 aliphatic carbocycles. The van der Waals surface area contributed by atoms with E-state index in [1.807, 2.05) is 6.92 Å². The summed E-state index contributed by atoms with van der Waals surface area (Å²) in [5.41, 5.74) is 7.80. The molecular formula is C22H21N3O4S. The molecule has 0 atom stereocenters. The first kappa shape index (κ1) is 21.1. The number of hydrogen-bond acceptors (Lipinski definition) is 5. The fraction of sp³-hybridized carbons (Fsp3) is 0.0909. The predicted molar refractivity (Wildman–Crippen MR) is 115 cm³/mol. The van der Waals surface area contributed by atoms with Gasteiger partial charge in [-0.15, -0.1) is 0 Å². The molecule has 3 aromatic rings. The van der Waals surface area contributed by atoms with Crippen molar-refractivity contribution in [3.05, 3.63) is 83.9 Å². The highest BCUT2D eigenvalue weighted by molar-refractivity contribution is 7.91. The molecule has 3 rings (SSSR count). The van der Waals surface area contributed by atoms with Crippen molar-refractivity contribution in [2.45, 2.75) is 23.6 Å². The van der Waals surface area contributed by atoms with Crippen LogP contribution in [0.25, 0.3) is 0 Å². The van der Waals surface area contributed by atoms with Crippen molar-refractivity contribution < 1.29 is 18.0 Å². The first-order chi connectivity index (χ1) is 14.3. The Bertz CT molecular complexity index is 1150. The summed E-state index contributed by atoms with van der Waals surface area (Å²) in [6.07, 6.45) is 0. The number of carbonyl (C=O) groups excluding carboxylic acids is 2. The Kier molecular flexibility index (Phi) is 6.17. The van der Waals surface area contributed by atoms with Gasteiger partial charge in [-0.2, -0.15) is 0 Å². The molecule has 0 heterocycles. The Morgan fingerprint density at radius 3 is 1.77 bits per heavy atom. The number of rotatable bonds is 6. The maximum atomic E-state index is 12.7. The second kappa shape index (κ2) is 8.79. The van der Waals surface area contributed by atoms with E-state index in [0.717, 1.165) is 5.56 Å². The molecule has 0 bridgehead atoms. The maximum absolute atomic E-state index is 12.7. The van der Waals surface area contributed by atoms with Crippen LogP contribution >= 0.6 is 0 Å². The van der Waals surface area contributed by atoms with Crippen LogP contribution in [-0.4, -0.2) is 20.2 Å². The summed E-state index contributed by atoms with van der Waals surface area (Å²) in [6.45, 7) is 3.30. The quantitative estimate of drug-likeness (QED) is 0.526. The summed E-state index contributed by atoms with van der Waals surface area (Å²) in [4.78, 5) is 23.7. The van der Waals surface area contributed by atoms with Crippen molar-refractivity contribution in [1.29, 1.82) is 0 Å². The fourth-order valence-corrected chi connectivity index (χ4v) is 3.94. The third kappa shape index (κ3) is 5.03. The Morgan fingerprint density at radius 2 is 1.23 bits per heavy atom. The lowest BCUT2D eigenvalue weighted by Crippen LogP contribution is -2.29. The summed E-state index contributed by atoms with van der Waals surface area (Å²) in [6, 6.07) is 19.2. The molecule has 0 radical (unpaired) electrons. The maximum Gasteiger partial charge on any atom is 0.269 e. The highest BCUT2D eigenvalue weighted by atomic mass is 32.2. The van der Waals surface area contributed by atoms with E-state index in [9.17, 15) is 18.0 Å². The van der Waals surface area contributed by atoms with E-state index in [-0.39, 0.29) is 21.6 Å². The van der Waals surface area contributed by atoms with Crippen molar-refractivity contribution in [2.75, 3.05) is 10.7 Å². The molecule has 8 heteroatoms. The molecule has 7 nitrogen and oxygen atoms in total. The number of amides is 2. The molecule has 0 saturated heterocycles. The van der Waals surface area contributed by atoms with Crippen LogP contribution in [0.15, 0.2) is 82.6 Å². The smallest absolute Gasteiger partial charge is 0.269 e. The van der Waals surface area contributed by atoms with E-state index >= 15 is 0 Å². The van der Waals surface area contributed by atoms with E-state index in [0.29, 0.717) is 16.9 Å². The average Bonchev–Trinajstić information content (AvgIpc) is 2.73. The number of nitrogens with one attached hydrogen (secondary N) is 3. The zero-order valence-corrected chi connectivity index (χ0v) is 17.3. The van der Waals surface area contributed by atoms with Gasteiger partial charge in [0.15, 0.2) is 0 Å². The van der Waals surface area contributed by atoms with Gasteiger partial charge in [0.1, 0.15) is 0 Å². The minimum absolute atomic E-state index is 0.164. The lowest BCUT2D eigenvalue weighted by atomic mass is 10.2. The van der Waals surface area contributed by atoms with Crippen LogP contribution in [0.1, 0.15) is 22.8 Å². The second-order valence-electron chi connectivity index (χ2n) is 6.68. The Balaban J connectivity index is 1.63. The Labute approximate surface area is 175 Å². The van der Waals surface area contributed by atoms with Gasteiger partial charge in [-0.1, -0.05) is 17.7 Å². The lowest BCUT2D eigenvalue weighted by Gasteiger charge is -2.10. The zero-order valence-electron chi connectivity index (χ0n) is 16.5. The minimum atomic E-state index is -3.60. The summed E-state index contributed by atoms with van der Waals surface area (Å²) < 4.78 is 25.4. The van der Waals surface area contributed by atoms with Crippen LogP contribution < -0.4 is 16.2 Å². The van der Waals surface area contributed by atoms with Gasteiger partial charge in [-0.05, 0) is 67.6 Å². The van der Waals surface area contributed by atoms with Crippen LogP contribution in [0.2, 0.25) is 0 Å². The molecule has 3 N–H and O–H groups in total. The topological polar surface area (TPSA) is 104 Å². The van der Waals surface area contributed by atoms with E-state index < -0.39 is 9.84 Å². The lowest BCUT2D eigenvalue weighted by molar-refractivity contribution is -0.114. The summed E-state index contributed by atoms with van der Waals surface area (Å²) in [7, 11) is -3.60. The number of aryl methyl sites for hydroxylation is 1. The van der Waals surface area contributed by atoms with E-state index in [2.05, 4.69) is 16.2 Å². The van der Waals surface area contributed by atoms with Crippen molar-refractivity contribution in [3.8, 4) is 0 Å². The van der Waals surface area contributed by atoms with Gasteiger partial charge < -0.3 is 5.32 Å². The molecule has 0 aliphatic heterocycles. The first-order valence-electron chi connectivity index (χ1n) is 9.11. The SMILES string of the molecule is CC(=O)Nc1ccc(C(=O)NNc2ccc(S(=O)(=O)c3ccc(C)cc3)cc2)cc1. The largest absolute Gasteiger partial charge is 0.326 e. The van der Waals surface area contributed by atoms with E-state index in [1.54, 1.807) is 60.7 Å². The van der Waals surface area contributed by atoms with Gasteiger partial charge in [0, 0.05) is 18.2 Å². The normalized spacial score (nSPS) is 10.9. The molecule has 3 aromatic carbocycles. The summed E-state index contributed by atoms with van der Waals surface area (Å²) >= 11 is 0. The highest BCUT2D eigenvalue weighted by Crippen LogP contribution is 2.22. The van der Waals surface area contributed by atoms with Crippen LogP contribution in [0, 0.1) is 6.92 Å². The van der Waals surface area contributed by atoms with Crippen molar-refractivity contribution in [1.82, 2.24) is 5.43 Å². The number of hydrogen-bond donors (Lipinski definition) is 3. The van der Waals surface area contributed by atoms with Gasteiger partial charge in [0.05, 0.1) is 15.5 Å². The third-order valence-corrected chi connectivity index (χ3v) is 6.07. The standard InChI is InChI=1S/C22H21N3O4S/c1-15-3-11-20(12-4-15)30(28,29)21-13-9-19(10-14-21)24-25-22(27)17-5-7-18(8-6-17)23-16(2)26/h3-14,24H,1-2H3,(H,23,26)(H,25,27). The summed E-state index contributed by atoms with van der Waals surface area (Å²) in [5.74, 6) is -0.567. The number of anilines is 2. The molecule has 0 spiro atoms. The highest BCUT2D eigenvalue weighted by Gasteiger charge is 2.17. The minimum Gasteiger partial charge on any atom is -0.326 e. The Hall–Kier alpha value is -3.65. The first-order valence-corrected chi connectivity index (χ1v) is 10.6. The zero-order chi connectivity index (χ0) is 21.7. The van der Waals surface area contributed by atoms with Crippen LogP contribution in [0.5, 0.6) is 0 Å². The third-order valence-electron chi connectivity index (χ3n) is 4.28. The number of hydrazine groups is 1. The molecule has 0 aliphatic rings. The fourth-order valence-electron chi connectivity index (χ4n) is 2.68.